The maximum absolute atomic E-state index is 13.3. The summed E-state index contributed by atoms with van der Waals surface area (Å²) in [6, 6.07) is 7.94. The fourth-order valence-corrected chi connectivity index (χ4v) is 2.98. The van der Waals surface area contributed by atoms with E-state index in [-0.39, 0.29) is 5.56 Å². The van der Waals surface area contributed by atoms with E-state index in [2.05, 4.69) is 17.3 Å². The Kier molecular flexibility index (Phi) is 5.11. The second-order valence-electron chi connectivity index (χ2n) is 5.64. The molecule has 0 aliphatic heterocycles. The van der Waals surface area contributed by atoms with Crippen LogP contribution < -0.4 is 5.32 Å². The van der Waals surface area contributed by atoms with Crippen molar-refractivity contribution in [2.24, 2.45) is 0 Å². The van der Waals surface area contributed by atoms with Gasteiger partial charge < -0.3 is 5.32 Å². The van der Waals surface area contributed by atoms with Crippen LogP contribution in [0.15, 0.2) is 18.2 Å². The third-order valence-electron chi connectivity index (χ3n) is 4.31. The lowest BCUT2D eigenvalue weighted by molar-refractivity contribution is 0.170. The summed E-state index contributed by atoms with van der Waals surface area (Å²) in [5.74, 6) is -0.437. The molecule has 1 aliphatic carbocycles. The van der Waals surface area contributed by atoms with Crippen LogP contribution in [0.3, 0.4) is 0 Å². The van der Waals surface area contributed by atoms with Gasteiger partial charge in [0, 0.05) is 18.6 Å². The molecule has 1 aromatic carbocycles. The Bertz CT molecular complexity index is 487. The molecule has 1 aromatic rings. The Morgan fingerprint density at radius 2 is 2.05 bits per heavy atom. The number of nitriles is 1. The molecule has 0 heterocycles. The molecular weight excluding hydrogens is 253 g/mol. The molecule has 108 valence electrons. The smallest absolute Gasteiger partial charge is 0.140 e. The fraction of sp³-hybridized carbons (Fsp3) is 0.562. The fourth-order valence-electron chi connectivity index (χ4n) is 2.98. The molecule has 0 amide bonds. The zero-order valence-electron chi connectivity index (χ0n) is 12.2. The SMILES string of the molecule is CNC1CCC(N(C)Cc2ccc(F)c(C#N)c2)CC1. The molecule has 0 saturated heterocycles. The van der Waals surface area contributed by atoms with Gasteiger partial charge in [0.1, 0.15) is 11.9 Å². The van der Waals surface area contributed by atoms with Crippen LogP contribution in [0.5, 0.6) is 0 Å². The van der Waals surface area contributed by atoms with Crippen molar-refractivity contribution in [1.82, 2.24) is 10.2 Å². The molecule has 0 bridgehead atoms. The first kappa shape index (κ1) is 15.0. The molecule has 0 radical (unpaired) electrons. The monoisotopic (exact) mass is 275 g/mol. The van der Waals surface area contributed by atoms with Crippen LogP contribution in [0.25, 0.3) is 0 Å². The lowest BCUT2D eigenvalue weighted by Gasteiger charge is -2.34. The van der Waals surface area contributed by atoms with E-state index in [1.165, 1.54) is 31.7 Å². The molecular formula is C16H22FN3. The predicted octanol–water partition coefficient (Wildman–Crippen LogP) is 2.66. The van der Waals surface area contributed by atoms with Crippen LogP contribution in [0, 0.1) is 17.1 Å². The number of rotatable bonds is 4. The van der Waals surface area contributed by atoms with Crippen molar-refractivity contribution in [2.45, 2.75) is 44.3 Å². The summed E-state index contributed by atoms with van der Waals surface area (Å²) in [4.78, 5) is 2.32. The number of benzene rings is 1. The van der Waals surface area contributed by atoms with E-state index in [0.717, 1.165) is 12.1 Å². The third kappa shape index (κ3) is 3.56. The van der Waals surface area contributed by atoms with Crippen molar-refractivity contribution >= 4 is 0 Å². The Morgan fingerprint density at radius 3 is 2.65 bits per heavy atom. The summed E-state index contributed by atoms with van der Waals surface area (Å²) in [5, 5.41) is 12.2. The molecule has 1 saturated carbocycles. The van der Waals surface area contributed by atoms with Gasteiger partial charge in [0.15, 0.2) is 0 Å². The molecule has 1 fully saturated rings. The lowest BCUT2D eigenvalue weighted by atomic mass is 9.90. The summed E-state index contributed by atoms with van der Waals surface area (Å²) < 4.78 is 13.3. The maximum atomic E-state index is 13.3. The summed E-state index contributed by atoms with van der Waals surface area (Å²) in [7, 11) is 4.14. The van der Waals surface area contributed by atoms with E-state index >= 15 is 0 Å². The number of hydrogen-bond acceptors (Lipinski definition) is 3. The van der Waals surface area contributed by atoms with Crippen molar-refractivity contribution in [3.05, 3.63) is 35.1 Å². The molecule has 4 heteroatoms. The van der Waals surface area contributed by atoms with E-state index in [1.807, 2.05) is 13.1 Å². The van der Waals surface area contributed by atoms with Crippen LogP contribution in [0.4, 0.5) is 4.39 Å². The standard InChI is InChI=1S/C16H22FN3/c1-19-14-4-6-15(7-5-14)20(2)11-12-3-8-16(17)13(9-12)10-18/h3,8-9,14-15,19H,4-7,11H2,1-2H3. The van der Waals surface area contributed by atoms with Gasteiger partial charge in [-0.2, -0.15) is 5.26 Å². The highest BCUT2D eigenvalue weighted by atomic mass is 19.1. The van der Waals surface area contributed by atoms with Gasteiger partial charge in [0.05, 0.1) is 5.56 Å². The summed E-state index contributed by atoms with van der Waals surface area (Å²) in [6.45, 7) is 0.768. The molecule has 3 nitrogen and oxygen atoms in total. The van der Waals surface area contributed by atoms with Gasteiger partial charge in [-0.15, -0.1) is 0 Å². The molecule has 0 unspecified atom stereocenters. The van der Waals surface area contributed by atoms with Crippen LogP contribution in [0.1, 0.15) is 36.8 Å². The minimum Gasteiger partial charge on any atom is -0.317 e. The van der Waals surface area contributed by atoms with Crippen LogP contribution in [-0.4, -0.2) is 31.1 Å². The van der Waals surface area contributed by atoms with Gasteiger partial charge in [-0.25, -0.2) is 4.39 Å². The second-order valence-corrected chi connectivity index (χ2v) is 5.64. The molecule has 0 atom stereocenters. The van der Waals surface area contributed by atoms with E-state index in [9.17, 15) is 4.39 Å². The van der Waals surface area contributed by atoms with Crippen molar-refractivity contribution in [3.8, 4) is 6.07 Å². The van der Waals surface area contributed by atoms with Crippen LogP contribution in [0.2, 0.25) is 0 Å². The van der Waals surface area contributed by atoms with Crippen molar-refractivity contribution < 1.29 is 4.39 Å². The molecule has 1 N–H and O–H groups in total. The van der Waals surface area contributed by atoms with Gasteiger partial charge >= 0.3 is 0 Å². The molecule has 1 aliphatic rings. The highest BCUT2D eigenvalue weighted by Crippen LogP contribution is 2.23. The van der Waals surface area contributed by atoms with Gasteiger partial charge in [-0.3, -0.25) is 4.90 Å². The van der Waals surface area contributed by atoms with E-state index in [1.54, 1.807) is 12.1 Å². The Labute approximate surface area is 120 Å². The first-order valence-corrected chi connectivity index (χ1v) is 7.20. The first-order chi connectivity index (χ1) is 9.63. The average Bonchev–Trinajstić information content (AvgIpc) is 2.49. The minimum absolute atomic E-state index is 0.134. The van der Waals surface area contributed by atoms with Gasteiger partial charge in [-0.1, -0.05) is 6.07 Å². The zero-order chi connectivity index (χ0) is 14.5. The van der Waals surface area contributed by atoms with Gasteiger partial charge in [0.25, 0.3) is 0 Å². The summed E-state index contributed by atoms with van der Waals surface area (Å²) in [6.07, 6.45) is 4.79. The average molecular weight is 275 g/mol. The Hall–Kier alpha value is -1.44. The number of halogens is 1. The van der Waals surface area contributed by atoms with E-state index in [4.69, 9.17) is 5.26 Å². The first-order valence-electron chi connectivity index (χ1n) is 7.20. The third-order valence-corrected chi connectivity index (χ3v) is 4.31. The number of hydrogen-bond donors (Lipinski definition) is 1. The Morgan fingerprint density at radius 1 is 1.35 bits per heavy atom. The van der Waals surface area contributed by atoms with Gasteiger partial charge in [0.2, 0.25) is 0 Å². The number of nitrogens with one attached hydrogen (secondary N) is 1. The highest BCUT2D eigenvalue weighted by molar-refractivity contribution is 5.34. The van der Waals surface area contributed by atoms with Crippen LogP contribution in [-0.2, 0) is 6.54 Å². The largest absolute Gasteiger partial charge is 0.317 e. The quantitative estimate of drug-likeness (QED) is 0.918. The van der Waals surface area contributed by atoms with Crippen LogP contribution >= 0.6 is 0 Å². The zero-order valence-corrected chi connectivity index (χ0v) is 12.2. The van der Waals surface area contributed by atoms with Gasteiger partial charge in [-0.05, 0) is 57.5 Å². The topological polar surface area (TPSA) is 39.1 Å². The highest BCUT2D eigenvalue weighted by Gasteiger charge is 2.23. The summed E-state index contributed by atoms with van der Waals surface area (Å²) in [5.41, 5.74) is 1.14. The summed E-state index contributed by atoms with van der Waals surface area (Å²) >= 11 is 0. The predicted molar refractivity (Wildman–Crippen MR) is 77.7 cm³/mol. The molecule has 0 spiro atoms. The van der Waals surface area contributed by atoms with Crippen molar-refractivity contribution in [3.63, 3.8) is 0 Å². The normalized spacial score (nSPS) is 22.8. The minimum atomic E-state index is -0.437. The van der Waals surface area contributed by atoms with E-state index < -0.39 is 5.82 Å². The molecule has 0 aromatic heterocycles. The lowest BCUT2D eigenvalue weighted by Crippen LogP contribution is -2.39. The Balaban J connectivity index is 1.95. The second kappa shape index (κ2) is 6.83. The molecule has 20 heavy (non-hydrogen) atoms. The number of nitrogens with zero attached hydrogens (tertiary/aromatic N) is 2. The van der Waals surface area contributed by atoms with Crippen molar-refractivity contribution in [1.29, 1.82) is 5.26 Å². The van der Waals surface area contributed by atoms with E-state index in [0.29, 0.717) is 12.1 Å². The van der Waals surface area contributed by atoms with Crippen molar-refractivity contribution in [2.75, 3.05) is 14.1 Å². The molecule has 2 rings (SSSR count). The maximum Gasteiger partial charge on any atom is 0.140 e.